The number of aromatic nitrogens is 1. The molecule has 1 N–H and O–H groups in total. The molecule has 8 heteroatoms. The van der Waals surface area contributed by atoms with E-state index in [2.05, 4.69) is 27.1 Å². The molecule has 144 valence electrons. The van der Waals surface area contributed by atoms with E-state index in [0.717, 1.165) is 43.8 Å². The Balaban J connectivity index is 1.59. The van der Waals surface area contributed by atoms with Crippen molar-refractivity contribution in [3.63, 3.8) is 0 Å². The molecule has 1 aliphatic rings. The average molecular weight is 388 g/mol. The molecule has 1 aromatic heterocycles. The zero-order valence-corrected chi connectivity index (χ0v) is 16.4. The summed E-state index contributed by atoms with van der Waals surface area (Å²) in [4.78, 5) is 21.5. The number of sulfone groups is 1. The van der Waals surface area contributed by atoms with Gasteiger partial charge in [0.05, 0.1) is 4.90 Å². The molecule has 2 aromatic rings. The topological polar surface area (TPSA) is 82.6 Å². The summed E-state index contributed by atoms with van der Waals surface area (Å²) in [6.07, 6.45) is 2.89. The van der Waals surface area contributed by atoms with Crippen molar-refractivity contribution in [3.8, 4) is 0 Å². The van der Waals surface area contributed by atoms with Crippen molar-refractivity contribution in [2.75, 3.05) is 44.4 Å². The molecule has 27 heavy (non-hydrogen) atoms. The lowest BCUT2D eigenvalue weighted by Crippen LogP contribution is -2.44. The van der Waals surface area contributed by atoms with Crippen molar-refractivity contribution in [1.82, 2.24) is 15.2 Å². The van der Waals surface area contributed by atoms with Crippen molar-refractivity contribution in [3.05, 3.63) is 53.7 Å². The van der Waals surface area contributed by atoms with Gasteiger partial charge in [-0.25, -0.2) is 13.4 Å². The van der Waals surface area contributed by atoms with Crippen LogP contribution in [0.4, 0.5) is 5.82 Å². The molecule has 7 nitrogen and oxygen atoms in total. The minimum atomic E-state index is -3.34. The highest BCUT2D eigenvalue weighted by atomic mass is 32.2. The van der Waals surface area contributed by atoms with Gasteiger partial charge in [-0.15, -0.1) is 0 Å². The first-order valence-electron chi connectivity index (χ1n) is 8.80. The number of benzene rings is 1. The van der Waals surface area contributed by atoms with E-state index in [9.17, 15) is 13.2 Å². The lowest BCUT2D eigenvalue weighted by molar-refractivity contribution is 0.0950. The normalized spacial score (nSPS) is 15.6. The molecular weight excluding hydrogens is 364 g/mol. The fourth-order valence-electron chi connectivity index (χ4n) is 2.90. The third kappa shape index (κ3) is 5.05. The molecule has 1 amide bonds. The predicted molar refractivity (Wildman–Crippen MR) is 105 cm³/mol. The van der Waals surface area contributed by atoms with Crippen LogP contribution in [0.5, 0.6) is 0 Å². The summed E-state index contributed by atoms with van der Waals surface area (Å²) in [5.74, 6) is 0.627. The van der Waals surface area contributed by atoms with E-state index in [1.807, 2.05) is 12.1 Å². The zero-order valence-electron chi connectivity index (χ0n) is 15.6. The molecular formula is C19H24N4O3S. The summed E-state index contributed by atoms with van der Waals surface area (Å²) in [6, 6.07) is 9.95. The number of nitrogens with zero attached hydrogens (tertiary/aromatic N) is 3. The Bertz CT molecular complexity index is 905. The van der Waals surface area contributed by atoms with Gasteiger partial charge in [0.25, 0.3) is 5.91 Å². The number of likely N-dealkylation sites (N-methyl/N-ethyl adjacent to an activating group) is 1. The first kappa shape index (κ1) is 19.3. The maximum atomic E-state index is 12.3. The third-order valence-corrected chi connectivity index (χ3v) is 5.72. The van der Waals surface area contributed by atoms with E-state index in [0.29, 0.717) is 12.1 Å². The number of rotatable bonds is 5. The van der Waals surface area contributed by atoms with Gasteiger partial charge in [0, 0.05) is 50.7 Å². The van der Waals surface area contributed by atoms with E-state index >= 15 is 0 Å². The average Bonchev–Trinajstić information content (AvgIpc) is 2.66. The van der Waals surface area contributed by atoms with Crippen LogP contribution in [0.25, 0.3) is 0 Å². The van der Waals surface area contributed by atoms with Gasteiger partial charge in [0.2, 0.25) is 0 Å². The summed E-state index contributed by atoms with van der Waals surface area (Å²) in [5.41, 5.74) is 1.21. The van der Waals surface area contributed by atoms with Crippen LogP contribution in [-0.4, -0.2) is 63.7 Å². The number of hydrogen-bond acceptors (Lipinski definition) is 6. The molecule has 0 saturated carbocycles. The second-order valence-corrected chi connectivity index (χ2v) is 8.81. The predicted octanol–water partition coefficient (Wildman–Crippen LogP) is 1.17. The fourth-order valence-corrected chi connectivity index (χ4v) is 3.56. The zero-order chi connectivity index (χ0) is 19.4. The van der Waals surface area contributed by atoms with Crippen molar-refractivity contribution in [2.45, 2.75) is 11.4 Å². The van der Waals surface area contributed by atoms with Crippen LogP contribution in [0.3, 0.4) is 0 Å². The van der Waals surface area contributed by atoms with Gasteiger partial charge in [-0.2, -0.15) is 0 Å². The molecule has 1 fully saturated rings. The first-order chi connectivity index (χ1) is 12.8. The van der Waals surface area contributed by atoms with Crippen LogP contribution in [0.2, 0.25) is 0 Å². The van der Waals surface area contributed by atoms with Crippen molar-refractivity contribution < 1.29 is 13.2 Å². The smallest absolute Gasteiger partial charge is 0.251 e. The fraction of sp³-hybridized carbons (Fsp3) is 0.368. The standard InChI is InChI=1S/C19H24N4O3S/c1-22-8-10-23(11-9-22)18-7-6-15(13-20-18)14-21-19(24)16-4-3-5-17(12-16)27(2,25)26/h3-7,12-13H,8-11,14H2,1-2H3,(H,21,24). The summed E-state index contributed by atoms with van der Waals surface area (Å²) in [7, 11) is -1.23. The molecule has 3 rings (SSSR count). The highest BCUT2D eigenvalue weighted by Gasteiger charge is 2.15. The molecule has 0 atom stereocenters. The summed E-state index contributed by atoms with van der Waals surface area (Å²) < 4.78 is 23.2. The number of pyridine rings is 1. The van der Waals surface area contributed by atoms with Gasteiger partial charge in [-0.05, 0) is 36.9 Å². The van der Waals surface area contributed by atoms with Crippen molar-refractivity contribution >= 4 is 21.6 Å². The van der Waals surface area contributed by atoms with Gasteiger partial charge in [0.15, 0.2) is 9.84 Å². The number of piperazine rings is 1. The number of anilines is 1. The maximum Gasteiger partial charge on any atom is 0.251 e. The second kappa shape index (κ2) is 8.06. The first-order valence-corrected chi connectivity index (χ1v) is 10.7. The van der Waals surface area contributed by atoms with Gasteiger partial charge in [0.1, 0.15) is 5.82 Å². The van der Waals surface area contributed by atoms with Crippen LogP contribution in [0.15, 0.2) is 47.5 Å². The minimum Gasteiger partial charge on any atom is -0.354 e. The maximum absolute atomic E-state index is 12.3. The van der Waals surface area contributed by atoms with Crippen LogP contribution < -0.4 is 10.2 Å². The van der Waals surface area contributed by atoms with E-state index in [1.165, 1.54) is 12.1 Å². The molecule has 1 aliphatic heterocycles. The van der Waals surface area contributed by atoms with E-state index in [1.54, 1.807) is 18.3 Å². The number of carbonyl (C=O) groups excluding carboxylic acids is 1. The minimum absolute atomic E-state index is 0.133. The second-order valence-electron chi connectivity index (χ2n) is 6.80. The molecule has 1 aromatic carbocycles. The SMILES string of the molecule is CN1CCN(c2ccc(CNC(=O)c3cccc(S(C)(=O)=O)c3)cn2)CC1. The van der Waals surface area contributed by atoms with E-state index in [-0.39, 0.29) is 10.8 Å². The quantitative estimate of drug-likeness (QED) is 0.828. The van der Waals surface area contributed by atoms with Gasteiger partial charge in [-0.3, -0.25) is 4.79 Å². The Morgan fingerprint density at radius 3 is 2.52 bits per heavy atom. The van der Waals surface area contributed by atoms with Gasteiger partial charge in [-0.1, -0.05) is 12.1 Å². The van der Waals surface area contributed by atoms with Crippen LogP contribution in [-0.2, 0) is 16.4 Å². The van der Waals surface area contributed by atoms with Crippen molar-refractivity contribution in [2.24, 2.45) is 0 Å². The highest BCUT2D eigenvalue weighted by molar-refractivity contribution is 7.90. The molecule has 2 heterocycles. The molecule has 1 saturated heterocycles. The van der Waals surface area contributed by atoms with Crippen molar-refractivity contribution in [1.29, 1.82) is 0 Å². The monoisotopic (exact) mass is 388 g/mol. The molecule has 0 bridgehead atoms. The Morgan fingerprint density at radius 1 is 1.15 bits per heavy atom. The molecule has 0 spiro atoms. The van der Waals surface area contributed by atoms with Gasteiger partial charge < -0.3 is 15.1 Å². The number of nitrogens with one attached hydrogen (secondary N) is 1. The van der Waals surface area contributed by atoms with Crippen LogP contribution >= 0.6 is 0 Å². The Labute approximate surface area is 159 Å². The molecule has 0 radical (unpaired) electrons. The lowest BCUT2D eigenvalue weighted by atomic mass is 10.2. The number of carbonyl (C=O) groups is 1. The summed E-state index contributed by atoms with van der Waals surface area (Å²) >= 11 is 0. The number of amides is 1. The van der Waals surface area contributed by atoms with Crippen LogP contribution in [0, 0.1) is 0 Å². The molecule has 0 unspecified atom stereocenters. The largest absolute Gasteiger partial charge is 0.354 e. The third-order valence-electron chi connectivity index (χ3n) is 4.61. The van der Waals surface area contributed by atoms with E-state index < -0.39 is 9.84 Å². The Morgan fingerprint density at radius 2 is 1.89 bits per heavy atom. The van der Waals surface area contributed by atoms with Gasteiger partial charge >= 0.3 is 0 Å². The Kier molecular flexibility index (Phi) is 5.76. The lowest BCUT2D eigenvalue weighted by Gasteiger charge is -2.33. The van der Waals surface area contributed by atoms with E-state index in [4.69, 9.17) is 0 Å². The highest BCUT2D eigenvalue weighted by Crippen LogP contribution is 2.14. The summed E-state index contributed by atoms with van der Waals surface area (Å²) in [6.45, 7) is 4.28. The number of hydrogen-bond donors (Lipinski definition) is 1. The Hall–Kier alpha value is -2.45. The summed E-state index contributed by atoms with van der Waals surface area (Å²) in [5, 5.41) is 2.80. The van der Waals surface area contributed by atoms with Crippen LogP contribution in [0.1, 0.15) is 15.9 Å². The molecule has 0 aliphatic carbocycles.